The van der Waals surface area contributed by atoms with Crippen molar-refractivity contribution in [1.29, 1.82) is 0 Å². The van der Waals surface area contributed by atoms with Crippen LogP contribution in [0.5, 0.6) is 0 Å². The van der Waals surface area contributed by atoms with Crippen LogP contribution in [0.2, 0.25) is 10.0 Å². The van der Waals surface area contributed by atoms with E-state index >= 15 is 0 Å². The Morgan fingerprint density at radius 2 is 2.17 bits per heavy atom. The highest BCUT2D eigenvalue weighted by Crippen LogP contribution is 2.37. The van der Waals surface area contributed by atoms with Crippen molar-refractivity contribution >= 4 is 23.2 Å². The van der Waals surface area contributed by atoms with Crippen molar-refractivity contribution < 1.29 is 0 Å². The van der Waals surface area contributed by atoms with E-state index in [0.29, 0.717) is 15.5 Å². The van der Waals surface area contributed by atoms with Crippen LogP contribution in [0.1, 0.15) is 18.4 Å². The Labute approximate surface area is 118 Å². The van der Waals surface area contributed by atoms with Crippen LogP contribution in [0, 0.1) is 5.41 Å². The zero-order chi connectivity index (χ0) is 12.6. The topological polar surface area (TPSA) is 15.3 Å². The summed E-state index contributed by atoms with van der Waals surface area (Å²) in [4.78, 5) is 2.50. The van der Waals surface area contributed by atoms with Crippen LogP contribution in [0.3, 0.4) is 0 Å². The van der Waals surface area contributed by atoms with Crippen LogP contribution in [-0.4, -0.2) is 31.1 Å². The lowest BCUT2D eigenvalue weighted by atomic mass is 9.86. The predicted octanol–water partition coefficient (Wildman–Crippen LogP) is 3.18. The minimum absolute atomic E-state index is 0.519. The fourth-order valence-corrected chi connectivity index (χ4v) is 3.60. The first-order valence-corrected chi connectivity index (χ1v) is 7.30. The molecule has 0 amide bonds. The van der Waals surface area contributed by atoms with E-state index in [4.69, 9.17) is 23.2 Å². The Morgan fingerprint density at radius 1 is 1.28 bits per heavy atom. The first kappa shape index (κ1) is 12.7. The Bertz CT molecular complexity index is 441. The maximum absolute atomic E-state index is 6.25. The van der Waals surface area contributed by atoms with Gasteiger partial charge >= 0.3 is 0 Å². The number of hydrogen-bond acceptors (Lipinski definition) is 2. The Hall–Kier alpha value is -0.280. The van der Waals surface area contributed by atoms with Gasteiger partial charge in [0.15, 0.2) is 0 Å². The molecule has 98 valence electrons. The molecule has 18 heavy (non-hydrogen) atoms. The minimum Gasteiger partial charge on any atom is -0.316 e. The lowest BCUT2D eigenvalue weighted by Crippen LogP contribution is -2.29. The van der Waals surface area contributed by atoms with Gasteiger partial charge in [-0.05, 0) is 43.0 Å². The molecule has 0 radical (unpaired) electrons. The normalized spacial score (nSPS) is 28.3. The van der Waals surface area contributed by atoms with Crippen molar-refractivity contribution in [2.45, 2.75) is 19.4 Å². The van der Waals surface area contributed by atoms with Gasteiger partial charge in [0.05, 0.1) is 10.0 Å². The molecule has 4 heteroatoms. The van der Waals surface area contributed by atoms with E-state index in [-0.39, 0.29) is 0 Å². The summed E-state index contributed by atoms with van der Waals surface area (Å²) in [7, 11) is 0. The maximum Gasteiger partial charge on any atom is 0.0637 e. The highest BCUT2D eigenvalue weighted by atomic mass is 35.5. The first-order valence-electron chi connectivity index (χ1n) is 6.55. The molecular weight excluding hydrogens is 267 g/mol. The van der Waals surface area contributed by atoms with Crippen molar-refractivity contribution in [1.82, 2.24) is 10.2 Å². The van der Waals surface area contributed by atoms with E-state index in [2.05, 4.69) is 16.3 Å². The van der Waals surface area contributed by atoms with Crippen LogP contribution < -0.4 is 5.32 Å². The molecular formula is C14H18Cl2N2. The van der Waals surface area contributed by atoms with Gasteiger partial charge in [0.1, 0.15) is 0 Å². The van der Waals surface area contributed by atoms with E-state index in [1.807, 2.05) is 12.1 Å². The Morgan fingerprint density at radius 3 is 2.94 bits per heavy atom. The van der Waals surface area contributed by atoms with Gasteiger partial charge in [0.25, 0.3) is 0 Å². The molecule has 1 atom stereocenters. The SMILES string of the molecule is Clc1cccc(CN2CCC3(CCNC3)C2)c1Cl. The predicted molar refractivity (Wildman–Crippen MR) is 76.3 cm³/mol. The standard InChI is InChI=1S/C14H18Cl2N2/c15-12-3-1-2-11(13(12)16)8-18-7-5-14(10-18)4-6-17-9-14/h1-3,17H,4-10H2. The first-order chi connectivity index (χ1) is 8.69. The molecule has 1 aromatic rings. The summed E-state index contributed by atoms with van der Waals surface area (Å²) in [5.74, 6) is 0. The second kappa shape index (κ2) is 5.01. The lowest BCUT2D eigenvalue weighted by molar-refractivity contribution is 0.269. The maximum atomic E-state index is 6.25. The molecule has 0 aliphatic carbocycles. The molecule has 1 aromatic carbocycles. The van der Waals surface area contributed by atoms with Crippen molar-refractivity contribution in [3.05, 3.63) is 33.8 Å². The number of hydrogen-bond donors (Lipinski definition) is 1. The molecule has 2 fully saturated rings. The van der Waals surface area contributed by atoms with E-state index < -0.39 is 0 Å². The molecule has 2 saturated heterocycles. The van der Waals surface area contributed by atoms with E-state index in [1.165, 1.54) is 39.0 Å². The van der Waals surface area contributed by atoms with Crippen LogP contribution in [0.25, 0.3) is 0 Å². The molecule has 1 unspecified atom stereocenters. The van der Waals surface area contributed by atoms with Crippen molar-refractivity contribution in [2.75, 3.05) is 26.2 Å². The van der Waals surface area contributed by atoms with Crippen molar-refractivity contribution in [3.63, 3.8) is 0 Å². The summed E-state index contributed by atoms with van der Waals surface area (Å²) in [6, 6.07) is 5.90. The molecule has 2 aliphatic rings. The molecule has 2 nitrogen and oxygen atoms in total. The third kappa shape index (κ3) is 2.39. The average Bonchev–Trinajstić information content (AvgIpc) is 2.97. The molecule has 2 heterocycles. The van der Waals surface area contributed by atoms with Gasteiger partial charge < -0.3 is 5.32 Å². The van der Waals surface area contributed by atoms with E-state index in [9.17, 15) is 0 Å². The average molecular weight is 285 g/mol. The molecule has 3 rings (SSSR count). The van der Waals surface area contributed by atoms with E-state index in [1.54, 1.807) is 0 Å². The summed E-state index contributed by atoms with van der Waals surface area (Å²) in [5, 5.41) is 4.86. The zero-order valence-electron chi connectivity index (χ0n) is 10.4. The molecule has 1 N–H and O–H groups in total. The third-order valence-corrected chi connectivity index (χ3v) is 5.13. The molecule has 2 aliphatic heterocycles. The van der Waals surface area contributed by atoms with E-state index in [0.717, 1.165) is 12.1 Å². The zero-order valence-corrected chi connectivity index (χ0v) is 11.9. The number of likely N-dealkylation sites (tertiary alicyclic amines) is 1. The van der Waals surface area contributed by atoms with Gasteiger partial charge in [0.2, 0.25) is 0 Å². The number of rotatable bonds is 2. The van der Waals surface area contributed by atoms with Gasteiger partial charge in [-0.2, -0.15) is 0 Å². The van der Waals surface area contributed by atoms with Gasteiger partial charge in [-0.25, -0.2) is 0 Å². The van der Waals surface area contributed by atoms with Crippen molar-refractivity contribution in [2.24, 2.45) is 5.41 Å². The summed E-state index contributed by atoms with van der Waals surface area (Å²) in [5.41, 5.74) is 1.66. The van der Waals surface area contributed by atoms with Gasteiger partial charge in [-0.1, -0.05) is 35.3 Å². The van der Waals surface area contributed by atoms with Crippen molar-refractivity contribution in [3.8, 4) is 0 Å². The lowest BCUT2D eigenvalue weighted by Gasteiger charge is -2.23. The van der Waals surface area contributed by atoms with Gasteiger partial charge in [0, 0.05) is 19.6 Å². The number of nitrogens with zero attached hydrogens (tertiary/aromatic N) is 1. The highest BCUT2D eigenvalue weighted by molar-refractivity contribution is 6.42. The summed E-state index contributed by atoms with van der Waals surface area (Å²) < 4.78 is 0. The fourth-order valence-electron chi connectivity index (χ4n) is 3.22. The summed E-state index contributed by atoms with van der Waals surface area (Å²) >= 11 is 12.3. The summed E-state index contributed by atoms with van der Waals surface area (Å²) in [6.45, 7) is 5.62. The highest BCUT2D eigenvalue weighted by Gasteiger charge is 2.40. The molecule has 0 aromatic heterocycles. The quantitative estimate of drug-likeness (QED) is 0.897. The number of nitrogens with one attached hydrogen (secondary N) is 1. The van der Waals surface area contributed by atoms with Crippen LogP contribution in [-0.2, 0) is 6.54 Å². The fraction of sp³-hybridized carbons (Fsp3) is 0.571. The smallest absolute Gasteiger partial charge is 0.0637 e. The summed E-state index contributed by atoms with van der Waals surface area (Å²) in [6.07, 6.45) is 2.62. The largest absolute Gasteiger partial charge is 0.316 e. The molecule has 1 spiro atoms. The Kier molecular flexibility index (Phi) is 3.55. The second-order valence-corrected chi connectivity index (χ2v) is 6.39. The van der Waals surface area contributed by atoms with Gasteiger partial charge in [-0.3, -0.25) is 4.90 Å². The monoisotopic (exact) mass is 284 g/mol. The Balaban J connectivity index is 1.69. The van der Waals surface area contributed by atoms with Gasteiger partial charge in [-0.15, -0.1) is 0 Å². The van der Waals surface area contributed by atoms with Crippen LogP contribution in [0.4, 0.5) is 0 Å². The van der Waals surface area contributed by atoms with Crippen LogP contribution in [0.15, 0.2) is 18.2 Å². The number of benzene rings is 1. The number of halogens is 2. The molecule has 0 saturated carbocycles. The van der Waals surface area contributed by atoms with Crippen LogP contribution >= 0.6 is 23.2 Å². The molecule has 0 bridgehead atoms. The minimum atomic E-state index is 0.519. The third-order valence-electron chi connectivity index (χ3n) is 4.28. The second-order valence-electron chi connectivity index (χ2n) is 5.60.